The first kappa shape index (κ1) is 8.36. The molecule has 1 unspecified atom stereocenters. The van der Waals surface area contributed by atoms with Crippen molar-refractivity contribution in [2.45, 2.75) is 25.9 Å². The molecule has 0 amide bonds. The van der Waals surface area contributed by atoms with Crippen molar-refractivity contribution in [3.8, 4) is 5.75 Å². The molecular formula is C12H14O. The Hall–Kier alpha value is -1.24. The standard InChI is InChI=1S/C12H14O/c1-2-5-11-9-8-10-6-3-4-7-12(10)13-11/h2-7,11H,8-9H2,1H3/b5-2-. The van der Waals surface area contributed by atoms with Gasteiger partial charge in [-0.15, -0.1) is 0 Å². The Labute approximate surface area is 79.0 Å². The van der Waals surface area contributed by atoms with Crippen LogP contribution in [0.15, 0.2) is 36.4 Å². The summed E-state index contributed by atoms with van der Waals surface area (Å²) in [6, 6.07) is 8.28. The van der Waals surface area contributed by atoms with Gasteiger partial charge in [-0.3, -0.25) is 0 Å². The zero-order chi connectivity index (χ0) is 9.10. The number of allylic oxidation sites excluding steroid dienone is 1. The molecule has 0 saturated carbocycles. The Morgan fingerprint density at radius 3 is 3.08 bits per heavy atom. The molecule has 0 N–H and O–H groups in total. The van der Waals surface area contributed by atoms with E-state index in [0.29, 0.717) is 0 Å². The van der Waals surface area contributed by atoms with E-state index >= 15 is 0 Å². The molecule has 1 heteroatoms. The summed E-state index contributed by atoms with van der Waals surface area (Å²) in [5, 5.41) is 0. The van der Waals surface area contributed by atoms with Crippen LogP contribution in [0.3, 0.4) is 0 Å². The molecular weight excluding hydrogens is 160 g/mol. The van der Waals surface area contributed by atoms with Gasteiger partial charge in [0.15, 0.2) is 0 Å². The Morgan fingerprint density at radius 1 is 1.38 bits per heavy atom. The van der Waals surface area contributed by atoms with E-state index in [4.69, 9.17) is 4.74 Å². The molecule has 0 aliphatic carbocycles. The molecule has 1 atom stereocenters. The minimum absolute atomic E-state index is 0.278. The fraction of sp³-hybridized carbons (Fsp3) is 0.333. The Kier molecular flexibility index (Phi) is 2.35. The smallest absolute Gasteiger partial charge is 0.123 e. The first-order chi connectivity index (χ1) is 6.40. The van der Waals surface area contributed by atoms with Gasteiger partial charge in [0.1, 0.15) is 11.9 Å². The van der Waals surface area contributed by atoms with Crippen LogP contribution in [0.5, 0.6) is 5.75 Å². The molecule has 1 aromatic rings. The van der Waals surface area contributed by atoms with Crippen molar-refractivity contribution < 1.29 is 4.74 Å². The van der Waals surface area contributed by atoms with Crippen molar-refractivity contribution in [2.75, 3.05) is 0 Å². The predicted molar refractivity (Wildman–Crippen MR) is 54.0 cm³/mol. The molecule has 13 heavy (non-hydrogen) atoms. The molecule has 1 nitrogen and oxygen atoms in total. The van der Waals surface area contributed by atoms with Crippen molar-refractivity contribution in [1.82, 2.24) is 0 Å². The fourth-order valence-electron chi connectivity index (χ4n) is 1.70. The summed E-state index contributed by atoms with van der Waals surface area (Å²) < 4.78 is 5.79. The number of hydrogen-bond donors (Lipinski definition) is 0. The van der Waals surface area contributed by atoms with Crippen LogP contribution in [0.2, 0.25) is 0 Å². The zero-order valence-electron chi connectivity index (χ0n) is 7.86. The topological polar surface area (TPSA) is 9.23 Å². The zero-order valence-corrected chi connectivity index (χ0v) is 7.86. The van der Waals surface area contributed by atoms with Crippen molar-refractivity contribution in [1.29, 1.82) is 0 Å². The molecule has 68 valence electrons. The first-order valence-electron chi connectivity index (χ1n) is 4.77. The maximum Gasteiger partial charge on any atom is 0.123 e. The van der Waals surface area contributed by atoms with Crippen LogP contribution in [0.1, 0.15) is 18.9 Å². The highest BCUT2D eigenvalue weighted by molar-refractivity contribution is 5.35. The number of benzene rings is 1. The van der Waals surface area contributed by atoms with Gasteiger partial charge >= 0.3 is 0 Å². The molecule has 0 saturated heterocycles. The van der Waals surface area contributed by atoms with E-state index in [1.807, 2.05) is 19.1 Å². The third-order valence-corrected chi connectivity index (χ3v) is 2.36. The number of ether oxygens (including phenoxy) is 1. The Bertz CT molecular complexity index is 315. The van der Waals surface area contributed by atoms with Gasteiger partial charge < -0.3 is 4.74 Å². The lowest BCUT2D eigenvalue weighted by Gasteiger charge is -2.23. The largest absolute Gasteiger partial charge is 0.486 e. The lowest BCUT2D eigenvalue weighted by molar-refractivity contribution is 0.218. The molecule has 2 rings (SSSR count). The van der Waals surface area contributed by atoms with Crippen LogP contribution in [-0.4, -0.2) is 6.10 Å². The van der Waals surface area contributed by atoms with Crippen molar-refractivity contribution in [2.24, 2.45) is 0 Å². The second kappa shape index (κ2) is 3.65. The van der Waals surface area contributed by atoms with Crippen LogP contribution >= 0.6 is 0 Å². The number of para-hydroxylation sites is 1. The van der Waals surface area contributed by atoms with E-state index in [1.54, 1.807) is 0 Å². The summed E-state index contributed by atoms with van der Waals surface area (Å²) in [7, 11) is 0. The maximum atomic E-state index is 5.79. The molecule has 0 aromatic heterocycles. The van der Waals surface area contributed by atoms with Crippen LogP contribution in [-0.2, 0) is 6.42 Å². The fourth-order valence-corrected chi connectivity index (χ4v) is 1.70. The SMILES string of the molecule is C/C=C\C1CCc2ccccc2O1. The minimum atomic E-state index is 0.278. The average molecular weight is 174 g/mol. The normalized spacial score (nSPS) is 21.2. The molecule has 0 spiro atoms. The highest BCUT2D eigenvalue weighted by atomic mass is 16.5. The van der Waals surface area contributed by atoms with Gasteiger partial charge in [0.25, 0.3) is 0 Å². The van der Waals surface area contributed by atoms with E-state index in [1.165, 1.54) is 5.56 Å². The average Bonchev–Trinajstić information content (AvgIpc) is 2.18. The Morgan fingerprint density at radius 2 is 2.23 bits per heavy atom. The lowest BCUT2D eigenvalue weighted by Crippen LogP contribution is -2.19. The van der Waals surface area contributed by atoms with Crippen LogP contribution in [0.4, 0.5) is 0 Å². The lowest BCUT2D eigenvalue weighted by atomic mass is 10.0. The summed E-state index contributed by atoms with van der Waals surface area (Å²) in [5.41, 5.74) is 1.34. The third-order valence-electron chi connectivity index (χ3n) is 2.36. The second-order valence-electron chi connectivity index (χ2n) is 3.33. The van der Waals surface area contributed by atoms with E-state index in [-0.39, 0.29) is 6.10 Å². The van der Waals surface area contributed by atoms with Crippen LogP contribution in [0.25, 0.3) is 0 Å². The molecule has 0 radical (unpaired) electrons. The monoisotopic (exact) mass is 174 g/mol. The van der Waals surface area contributed by atoms with Crippen molar-refractivity contribution in [3.63, 3.8) is 0 Å². The summed E-state index contributed by atoms with van der Waals surface area (Å²) in [6.07, 6.45) is 6.68. The van der Waals surface area contributed by atoms with Crippen LogP contribution in [0, 0.1) is 0 Å². The molecule has 0 fully saturated rings. The van der Waals surface area contributed by atoms with Crippen molar-refractivity contribution in [3.05, 3.63) is 42.0 Å². The van der Waals surface area contributed by atoms with E-state index in [9.17, 15) is 0 Å². The summed E-state index contributed by atoms with van der Waals surface area (Å²) in [4.78, 5) is 0. The predicted octanol–water partition coefficient (Wildman–Crippen LogP) is 2.96. The van der Waals surface area contributed by atoms with Gasteiger partial charge in [-0.25, -0.2) is 0 Å². The second-order valence-corrected chi connectivity index (χ2v) is 3.33. The van der Waals surface area contributed by atoms with Gasteiger partial charge in [-0.05, 0) is 37.5 Å². The Balaban J connectivity index is 2.19. The highest BCUT2D eigenvalue weighted by Gasteiger charge is 2.15. The van der Waals surface area contributed by atoms with Gasteiger partial charge in [-0.1, -0.05) is 24.3 Å². The first-order valence-corrected chi connectivity index (χ1v) is 4.77. The quantitative estimate of drug-likeness (QED) is 0.595. The van der Waals surface area contributed by atoms with Crippen molar-refractivity contribution >= 4 is 0 Å². The van der Waals surface area contributed by atoms with Crippen LogP contribution < -0.4 is 4.74 Å². The van der Waals surface area contributed by atoms with E-state index in [0.717, 1.165) is 18.6 Å². The molecule has 1 aliphatic heterocycles. The van der Waals surface area contributed by atoms with Gasteiger partial charge in [0.05, 0.1) is 0 Å². The molecule has 0 bridgehead atoms. The third kappa shape index (κ3) is 1.74. The van der Waals surface area contributed by atoms with Gasteiger partial charge in [0.2, 0.25) is 0 Å². The number of rotatable bonds is 1. The van der Waals surface area contributed by atoms with E-state index < -0.39 is 0 Å². The molecule has 1 aliphatic rings. The van der Waals surface area contributed by atoms with E-state index in [2.05, 4.69) is 24.3 Å². The summed E-state index contributed by atoms with van der Waals surface area (Å²) >= 11 is 0. The number of hydrogen-bond acceptors (Lipinski definition) is 1. The van der Waals surface area contributed by atoms with Gasteiger partial charge in [-0.2, -0.15) is 0 Å². The summed E-state index contributed by atoms with van der Waals surface area (Å²) in [6.45, 7) is 2.03. The highest BCUT2D eigenvalue weighted by Crippen LogP contribution is 2.27. The number of aryl methyl sites for hydroxylation is 1. The summed E-state index contributed by atoms with van der Waals surface area (Å²) in [5.74, 6) is 1.05. The van der Waals surface area contributed by atoms with Gasteiger partial charge in [0, 0.05) is 0 Å². The minimum Gasteiger partial charge on any atom is -0.486 e. The molecule has 1 heterocycles. The maximum absolute atomic E-state index is 5.79. The number of fused-ring (bicyclic) bond motifs is 1. The molecule has 1 aromatic carbocycles.